The smallest absolute Gasteiger partial charge is 0.180 e. The number of anilines is 1. The summed E-state index contributed by atoms with van der Waals surface area (Å²) >= 11 is 0. The maximum absolute atomic E-state index is 4.39. The van der Waals surface area contributed by atoms with Crippen molar-refractivity contribution in [2.75, 3.05) is 11.9 Å². The summed E-state index contributed by atoms with van der Waals surface area (Å²) in [7, 11) is 0. The van der Waals surface area contributed by atoms with Crippen LogP contribution in [0.4, 0.5) is 5.82 Å². The number of hydrogen-bond donors (Lipinski definition) is 1. The molecular weight excluding hydrogens is 200 g/mol. The van der Waals surface area contributed by atoms with Gasteiger partial charge in [0, 0.05) is 18.9 Å². The number of hydrogen-bond acceptors (Lipinski definition) is 4. The third kappa shape index (κ3) is 2.66. The zero-order chi connectivity index (χ0) is 11.2. The number of fused-ring (bicyclic) bond motifs is 1. The Morgan fingerprint density at radius 2 is 2.00 bits per heavy atom. The zero-order valence-corrected chi connectivity index (χ0v) is 9.48. The second-order valence-corrected chi connectivity index (χ2v) is 3.73. The topological polar surface area (TPSA) is 50.7 Å². The van der Waals surface area contributed by atoms with Crippen molar-refractivity contribution in [2.45, 2.75) is 26.2 Å². The summed E-state index contributed by atoms with van der Waals surface area (Å²) in [6.07, 6.45) is 7.00. The molecule has 2 aromatic heterocycles. The van der Waals surface area contributed by atoms with Crippen LogP contribution in [0.3, 0.4) is 0 Å². The van der Waals surface area contributed by atoms with Gasteiger partial charge in [-0.25, -0.2) is 9.97 Å². The van der Waals surface area contributed by atoms with Crippen LogP contribution in [0.5, 0.6) is 0 Å². The lowest BCUT2D eigenvalue weighted by molar-refractivity contribution is 0.742. The minimum absolute atomic E-state index is 0.697. The number of unbranched alkanes of at least 4 members (excludes halogenated alkanes) is 2. The first kappa shape index (κ1) is 10.8. The van der Waals surface area contributed by atoms with E-state index in [1.807, 2.05) is 12.1 Å². The van der Waals surface area contributed by atoms with E-state index in [4.69, 9.17) is 0 Å². The quantitative estimate of drug-likeness (QED) is 0.780. The molecule has 4 heteroatoms. The van der Waals surface area contributed by atoms with Gasteiger partial charge in [0.15, 0.2) is 5.65 Å². The molecule has 84 valence electrons. The highest BCUT2D eigenvalue weighted by atomic mass is 15.0. The van der Waals surface area contributed by atoms with Crippen LogP contribution in [0, 0.1) is 0 Å². The molecule has 16 heavy (non-hydrogen) atoms. The van der Waals surface area contributed by atoms with Crippen molar-refractivity contribution < 1.29 is 0 Å². The Morgan fingerprint density at radius 3 is 2.88 bits per heavy atom. The lowest BCUT2D eigenvalue weighted by Gasteiger charge is -2.05. The molecule has 0 bridgehead atoms. The summed E-state index contributed by atoms with van der Waals surface area (Å²) in [6, 6.07) is 3.89. The van der Waals surface area contributed by atoms with Gasteiger partial charge in [0.05, 0.1) is 0 Å². The van der Waals surface area contributed by atoms with Crippen molar-refractivity contribution >= 4 is 17.0 Å². The summed E-state index contributed by atoms with van der Waals surface area (Å²) < 4.78 is 0. The van der Waals surface area contributed by atoms with Gasteiger partial charge in [-0.1, -0.05) is 19.8 Å². The van der Waals surface area contributed by atoms with E-state index in [0.29, 0.717) is 5.65 Å². The third-order valence-electron chi connectivity index (χ3n) is 2.42. The standard InChI is InChI=1S/C12H16N4/c1-2-3-4-7-14-11-6-5-10-12(16-11)15-9-8-13-10/h5-6,8-9H,2-4,7H2,1H3,(H,14,15,16). The SMILES string of the molecule is CCCCCNc1ccc2nccnc2n1. The second-order valence-electron chi connectivity index (χ2n) is 3.73. The minimum Gasteiger partial charge on any atom is -0.370 e. The molecule has 4 nitrogen and oxygen atoms in total. The van der Waals surface area contributed by atoms with Gasteiger partial charge in [-0.15, -0.1) is 0 Å². The number of nitrogens with one attached hydrogen (secondary N) is 1. The van der Waals surface area contributed by atoms with Crippen molar-refractivity contribution in [3.05, 3.63) is 24.5 Å². The Hall–Kier alpha value is -1.71. The fourth-order valence-corrected chi connectivity index (χ4v) is 1.54. The average Bonchev–Trinajstić information content (AvgIpc) is 2.34. The molecule has 0 fully saturated rings. The lowest BCUT2D eigenvalue weighted by Crippen LogP contribution is -2.03. The van der Waals surface area contributed by atoms with Gasteiger partial charge in [-0.05, 0) is 18.6 Å². The Balaban J connectivity index is 2.02. The number of rotatable bonds is 5. The van der Waals surface area contributed by atoms with Gasteiger partial charge in [0.25, 0.3) is 0 Å². The van der Waals surface area contributed by atoms with Crippen LogP contribution >= 0.6 is 0 Å². The summed E-state index contributed by atoms with van der Waals surface area (Å²) in [4.78, 5) is 12.7. The number of pyridine rings is 1. The highest BCUT2D eigenvalue weighted by Gasteiger charge is 1.98. The van der Waals surface area contributed by atoms with Crippen LogP contribution in [0.2, 0.25) is 0 Å². The minimum atomic E-state index is 0.697. The molecular formula is C12H16N4. The molecule has 1 N–H and O–H groups in total. The van der Waals surface area contributed by atoms with Gasteiger partial charge in [0.2, 0.25) is 0 Å². The molecule has 0 amide bonds. The summed E-state index contributed by atoms with van der Waals surface area (Å²) in [6.45, 7) is 3.16. The van der Waals surface area contributed by atoms with Crippen LogP contribution < -0.4 is 5.32 Å². The molecule has 0 saturated carbocycles. The van der Waals surface area contributed by atoms with E-state index in [9.17, 15) is 0 Å². The van der Waals surface area contributed by atoms with E-state index in [-0.39, 0.29) is 0 Å². The second kappa shape index (κ2) is 5.39. The maximum atomic E-state index is 4.39. The summed E-state index contributed by atoms with van der Waals surface area (Å²) in [5.74, 6) is 0.879. The Morgan fingerprint density at radius 1 is 1.12 bits per heavy atom. The Bertz CT molecular complexity index is 455. The van der Waals surface area contributed by atoms with Crippen molar-refractivity contribution in [3.8, 4) is 0 Å². The predicted molar refractivity (Wildman–Crippen MR) is 65.3 cm³/mol. The molecule has 0 saturated heterocycles. The van der Waals surface area contributed by atoms with Crippen molar-refractivity contribution in [3.63, 3.8) is 0 Å². The van der Waals surface area contributed by atoms with Crippen LogP contribution in [-0.2, 0) is 0 Å². The fourth-order valence-electron chi connectivity index (χ4n) is 1.54. The molecule has 0 radical (unpaired) electrons. The zero-order valence-electron chi connectivity index (χ0n) is 9.48. The Kier molecular flexibility index (Phi) is 3.64. The van der Waals surface area contributed by atoms with E-state index in [1.165, 1.54) is 19.3 Å². The first-order valence-corrected chi connectivity index (χ1v) is 5.72. The molecule has 2 rings (SSSR count). The normalized spacial score (nSPS) is 10.6. The van der Waals surface area contributed by atoms with Gasteiger partial charge in [0.1, 0.15) is 11.3 Å². The third-order valence-corrected chi connectivity index (χ3v) is 2.42. The molecule has 0 aliphatic rings. The van der Waals surface area contributed by atoms with E-state index in [0.717, 1.165) is 17.9 Å². The first-order chi connectivity index (χ1) is 7.90. The predicted octanol–water partition coefficient (Wildman–Crippen LogP) is 2.63. The van der Waals surface area contributed by atoms with E-state index < -0.39 is 0 Å². The van der Waals surface area contributed by atoms with E-state index in [2.05, 4.69) is 27.2 Å². The van der Waals surface area contributed by atoms with Crippen LogP contribution in [0.1, 0.15) is 26.2 Å². The number of nitrogens with zero attached hydrogens (tertiary/aromatic N) is 3. The van der Waals surface area contributed by atoms with Crippen molar-refractivity contribution in [1.29, 1.82) is 0 Å². The number of aromatic nitrogens is 3. The van der Waals surface area contributed by atoms with Gasteiger partial charge in [-0.3, -0.25) is 4.98 Å². The summed E-state index contributed by atoms with van der Waals surface area (Å²) in [5, 5.41) is 3.29. The van der Waals surface area contributed by atoms with E-state index >= 15 is 0 Å². The highest BCUT2D eigenvalue weighted by Crippen LogP contribution is 2.10. The van der Waals surface area contributed by atoms with Gasteiger partial charge in [-0.2, -0.15) is 0 Å². The summed E-state index contributed by atoms with van der Waals surface area (Å²) in [5.41, 5.74) is 1.53. The monoisotopic (exact) mass is 216 g/mol. The molecule has 2 heterocycles. The van der Waals surface area contributed by atoms with Gasteiger partial charge >= 0.3 is 0 Å². The van der Waals surface area contributed by atoms with Crippen molar-refractivity contribution in [2.24, 2.45) is 0 Å². The van der Waals surface area contributed by atoms with Crippen LogP contribution in [0.25, 0.3) is 11.2 Å². The largest absolute Gasteiger partial charge is 0.370 e. The van der Waals surface area contributed by atoms with E-state index in [1.54, 1.807) is 12.4 Å². The average molecular weight is 216 g/mol. The first-order valence-electron chi connectivity index (χ1n) is 5.72. The molecule has 0 atom stereocenters. The van der Waals surface area contributed by atoms with Crippen LogP contribution in [0.15, 0.2) is 24.5 Å². The van der Waals surface area contributed by atoms with Gasteiger partial charge < -0.3 is 5.32 Å². The van der Waals surface area contributed by atoms with Crippen LogP contribution in [-0.4, -0.2) is 21.5 Å². The maximum Gasteiger partial charge on any atom is 0.180 e. The fraction of sp³-hybridized carbons (Fsp3) is 0.417. The molecule has 0 spiro atoms. The Labute approximate surface area is 95.1 Å². The molecule has 0 aromatic carbocycles. The van der Waals surface area contributed by atoms with Crippen molar-refractivity contribution in [1.82, 2.24) is 15.0 Å². The lowest BCUT2D eigenvalue weighted by atomic mass is 10.2. The molecule has 2 aromatic rings. The highest BCUT2D eigenvalue weighted by molar-refractivity contribution is 5.71. The molecule has 0 aliphatic carbocycles. The molecule has 0 aliphatic heterocycles. The molecule has 0 unspecified atom stereocenters.